The van der Waals surface area contributed by atoms with Crippen molar-refractivity contribution in [3.63, 3.8) is 0 Å². The average Bonchev–Trinajstić information content (AvgIpc) is 2.17. The fourth-order valence-electron chi connectivity index (χ4n) is 0.786. The third kappa shape index (κ3) is 7.35. The standard InChI is InChI=1S/C12H20N2/c1-5-7-12(3)8-9-13-10-11-14(4)6-2/h5,7-11H,6H2,1-4H3/b7-5-,11-10-,12-8+,13-9-. The molecule has 78 valence electrons. The average molecular weight is 192 g/mol. The van der Waals surface area contributed by atoms with Crippen molar-refractivity contribution in [2.75, 3.05) is 13.6 Å². The second kappa shape index (κ2) is 8.30. The first kappa shape index (κ1) is 12.7. The molecule has 0 aliphatic carbocycles. The van der Waals surface area contributed by atoms with Crippen molar-refractivity contribution in [3.05, 3.63) is 36.2 Å². The number of hydrogen-bond acceptors (Lipinski definition) is 2. The van der Waals surface area contributed by atoms with Gasteiger partial charge in [0.2, 0.25) is 0 Å². The maximum atomic E-state index is 4.12. The normalized spacial score (nSPS) is 13.6. The Kier molecular flexibility index (Phi) is 7.52. The van der Waals surface area contributed by atoms with Gasteiger partial charge in [-0.3, -0.25) is 4.99 Å². The molecule has 0 atom stereocenters. The molecule has 0 amide bonds. The molecule has 0 heterocycles. The minimum atomic E-state index is 0.999. The molecule has 0 aliphatic heterocycles. The SMILES string of the molecule is C\C=C/C(C)=C/C=N\C=C/N(C)CC. The Bertz CT molecular complexity index is 247. The topological polar surface area (TPSA) is 15.6 Å². The summed E-state index contributed by atoms with van der Waals surface area (Å²) in [5.74, 6) is 0. The maximum absolute atomic E-state index is 4.12. The largest absolute Gasteiger partial charge is 0.379 e. The van der Waals surface area contributed by atoms with Crippen LogP contribution < -0.4 is 0 Å². The van der Waals surface area contributed by atoms with Crippen LogP contribution in [0.4, 0.5) is 0 Å². The lowest BCUT2D eigenvalue weighted by Gasteiger charge is -2.07. The van der Waals surface area contributed by atoms with Crippen molar-refractivity contribution in [3.8, 4) is 0 Å². The molecule has 2 nitrogen and oxygen atoms in total. The second-order valence-electron chi connectivity index (χ2n) is 3.08. The van der Waals surface area contributed by atoms with Crippen molar-refractivity contribution in [2.24, 2.45) is 4.99 Å². The summed E-state index contributed by atoms with van der Waals surface area (Å²) >= 11 is 0. The predicted molar refractivity (Wildman–Crippen MR) is 64.5 cm³/mol. The highest BCUT2D eigenvalue weighted by Gasteiger charge is 1.79. The predicted octanol–water partition coefficient (Wildman–Crippen LogP) is 3.00. The van der Waals surface area contributed by atoms with Gasteiger partial charge in [-0.1, -0.05) is 12.2 Å². The van der Waals surface area contributed by atoms with E-state index >= 15 is 0 Å². The number of hydrogen-bond donors (Lipinski definition) is 0. The molecule has 0 rings (SSSR count). The van der Waals surface area contributed by atoms with E-state index in [1.165, 1.54) is 5.57 Å². The lowest BCUT2D eigenvalue weighted by atomic mass is 10.3. The Morgan fingerprint density at radius 3 is 2.71 bits per heavy atom. The highest BCUT2D eigenvalue weighted by Crippen LogP contribution is 1.92. The monoisotopic (exact) mass is 192 g/mol. The minimum Gasteiger partial charge on any atom is -0.379 e. The Labute approximate surface area is 87.3 Å². The number of allylic oxidation sites excluding steroid dienone is 4. The van der Waals surface area contributed by atoms with Gasteiger partial charge in [0.1, 0.15) is 0 Å². The summed E-state index contributed by atoms with van der Waals surface area (Å²) in [6, 6.07) is 0. The van der Waals surface area contributed by atoms with Crippen molar-refractivity contribution in [1.29, 1.82) is 0 Å². The summed E-state index contributed by atoms with van der Waals surface area (Å²) < 4.78 is 0. The highest BCUT2D eigenvalue weighted by molar-refractivity contribution is 5.73. The zero-order valence-electron chi connectivity index (χ0n) is 9.57. The van der Waals surface area contributed by atoms with E-state index in [0.29, 0.717) is 0 Å². The lowest BCUT2D eigenvalue weighted by Crippen LogP contribution is -2.07. The van der Waals surface area contributed by atoms with Crippen molar-refractivity contribution < 1.29 is 0 Å². The molecule has 0 bridgehead atoms. The Morgan fingerprint density at radius 2 is 2.14 bits per heavy atom. The Hall–Kier alpha value is -1.31. The summed E-state index contributed by atoms with van der Waals surface area (Å²) in [4.78, 5) is 6.19. The molecule has 0 aromatic carbocycles. The van der Waals surface area contributed by atoms with Crippen LogP contribution in [0, 0.1) is 0 Å². The first-order valence-electron chi connectivity index (χ1n) is 4.90. The summed E-state index contributed by atoms with van der Waals surface area (Å²) in [5.41, 5.74) is 1.20. The van der Waals surface area contributed by atoms with E-state index in [1.54, 1.807) is 12.4 Å². The number of rotatable bonds is 5. The van der Waals surface area contributed by atoms with Gasteiger partial charge in [0.25, 0.3) is 0 Å². The van der Waals surface area contributed by atoms with Crippen LogP contribution in [0.25, 0.3) is 0 Å². The molecule has 0 aromatic heterocycles. The third-order valence-corrected chi connectivity index (χ3v) is 1.76. The quantitative estimate of drug-likeness (QED) is 0.483. The first-order valence-corrected chi connectivity index (χ1v) is 4.90. The molecule has 0 aliphatic rings. The summed E-state index contributed by atoms with van der Waals surface area (Å²) in [6.07, 6.45) is 11.6. The van der Waals surface area contributed by atoms with E-state index in [0.717, 1.165) is 6.54 Å². The highest BCUT2D eigenvalue weighted by atomic mass is 15.1. The molecule has 0 saturated heterocycles. The van der Waals surface area contributed by atoms with Gasteiger partial charge in [-0.2, -0.15) is 0 Å². The summed E-state index contributed by atoms with van der Waals surface area (Å²) in [6.45, 7) is 7.15. The van der Waals surface area contributed by atoms with Crippen LogP contribution in [0.5, 0.6) is 0 Å². The summed E-state index contributed by atoms with van der Waals surface area (Å²) in [7, 11) is 2.02. The fourth-order valence-corrected chi connectivity index (χ4v) is 0.786. The van der Waals surface area contributed by atoms with Crippen molar-refractivity contribution >= 4 is 6.21 Å². The lowest BCUT2D eigenvalue weighted by molar-refractivity contribution is 0.483. The van der Waals surface area contributed by atoms with Crippen LogP contribution in [-0.2, 0) is 0 Å². The molecule has 14 heavy (non-hydrogen) atoms. The number of nitrogens with zero attached hydrogens (tertiary/aromatic N) is 2. The molecule has 0 spiro atoms. The van der Waals surface area contributed by atoms with Gasteiger partial charge >= 0.3 is 0 Å². The summed E-state index contributed by atoms with van der Waals surface area (Å²) in [5, 5.41) is 0. The van der Waals surface area contributed by atoms with Crippen LogP contribution in [0.15, 0.2) is 41.2 Å². The van der Waals surface area contributed by atoms with Gasteiger partial charge in [0.05, 0.1) is 0 Å². The van der Waals surface area contributed by atoms with Crippen LogP contribution >= 0.6 is 0 Å². The van der Waals surface area contributed by atoms with Gasteiger partial charge in [-0.05, 0) is 32.4 Å². The number of aliphatic imine (C=N–C) groups is 1. The van der Waals surface area contributed by atoms with Crippen LogP contribution in [0.1, 0.15) is 20.8 Å². The zero-order chi connectivity index (χ0) is 10.8. The third-order valence-electron chi connectivity index (χ3n) is 1.76. The first-order chi connectivity index (χ1) is 6.70. The maximum Gasteiger partial charge on any atom is 0.0426 e. The molecule has 0 unspecified atom stereocenters. The fraction of sp³-hybridized carbons (Fsp3) is 0.417. The smallest absolute Gasteiger partial charge is 0.0426 e. The van der Waals surface area contributed by atoms with E-state index in [9.17, 15) is 0 Å². The minimum absolute atomic E-state index is 0.999. The molecule has 0 radical (unpaired) electrons. The van der Waals surface area contributed by atoms with Gasteiger partial charge < -0.3 is 4.90 Å². The van der Waals surface area contributed by atoms with E-state index in [-0.39, 0.29) is 0 Å². The van der Waals surface area contributed by atoms with E-state index in [1.807, 2.05) is 45.3 Å². The zero-order valence-corrected chi connectivity index (χ0v) is 9.57. The molecule has 0 fully saturated rings. The van der Waals surface area contributed by atoms with Crippen LogP contribution in [0.3, 0.4) is 0 Å². The van der Waals surface area contributed by atoms with E-state index in [4.69, 9.17) is 0 Å². The van der Waals surface area contributed by atoms with Crippen LogP contribution in [0.2, 0.25) is 0 Å². The van der Waals surface area contributed by atoms with E-state index in [2.05, 4.69) is 16.8 Å². The molecular weight excluding hydrogens is 172 g/mol. The molecule has 0 N–H and O–H groups in total. The van der Waals surface area contributed by atoms with E-state index < -0.39 is 0 Å². The van der Waals surface area contributed by atoms with Crippen LogP contribution in [-0.4, -0.2) is 24.7 Å². The Morgan fingerprint density at radius 1 is 1.43 bits per heavy atom. The van der Waals surface area contributed by atoms with Gasteiger partial charge in [-0.25, -0.2) is 0 Å². The van der Waals surface area contributed by atoms with Gasteiger partial charge in [0, 0.05) is 32.2 Å². The molecule has 2 heteroatoms. The molecule has 0 saturated carbocycles. The van der Waals surface area contributed by atoms with Gasteiger partial charge in [0.15, 0.2) is 0 Å². The van der Waals surface area contributed by atoms with Crippen molar-refractivity contribution in [1.82, 2.24) is 4.90 Å². The van der Waals surface area contributed by atoms with Gasteiger partial charge in [-0.15, -0.1) is 0 Å². The Balaban J connectivity index is 3.95. The van der Waals surface area contributed by atoms with Crippen molar-refractivity contribution in [2.45, 2.75) is 20.8 Å². The molecule has 0 aromatic rings. The molecular formula is C12H20N2. The second-order valence-corrected chi connectivity index (χ2v) is 3.08.